The molecule has 1 amide bonds. The van der Waals surface area contributed by atoms with Crippen molar-refractivity contribution in [2.24, 2.45) is 0 Å². The average Bonchev–Trinajstić information content (AvgIpc) is 3.07. The largest absolute Gasteiger partial charge is 0.451 e. The molecule has 2 heterocycles. The van der Waals surface area contributed by atoms with Crippen LogP contribution in [0.5, 0.6) is 0 Å². The number of amides is 1. The molecule has 140 valence electrons. The number of methoxy groups -OCH3 is 1. The topological polar surface area (TPSA) is 117 Å². The Morgan fingerprint density at radius 1 is 1.11 bits per heavy atom. The van der Waals surface area contributed by atoms with Crippen LogP contribution in [-0.2, 0) is 9.57 Å². The van der Waals surface area contributed by atoms with Crippen molar-refractivity contribution in [3.8, 4) is 0 Å². The molecule has 0 fully saturated rings. The molecule has 10 heteroatoms. The average molecular weight is 369 g/mol. The van der Waals surface area contributed by atoms with E-state index in [2.05, 4.69) is 30.8 Å². The summed E-state index contributed by atoms with van der Waals surface area (Å²) in [6.07, 6.45) is 2.55. The van der Waals surface area contributed by atoms with Gasteiger partial charge in [0.25, 0.3) is 0 Å². The Labute approximate surface area is 155 Å². The highest BCUT2D eigenvalue weighted by atomic mass is 16.7. The van der Waals surface area contributed by atoms with E-state index in [0.29, 0.717) is 28.8 Å². The number of hydrogen-bond donors (Lipinski definition) is 3. The van der Waals surface area contributed by atoms with Gasteiger partial charge in [0.2, 0.25) is 0 Å². The molecule has 0 atom stereocenters. The minimum absolute atomic E-state index is 0.503. The van der Waals surface area contributed by atoms with E-state index in [1.54, 1.807) is 30.6 Å². The Kier molecular flexibility index (Phi) is 5.47. The first-order chi connectivity index (χ1) is 13.1. The predicted octanol–water partition coefficient (Wildman–Crippen LogP) is 3.13. The Morgan fingerprint density at radius 2 is 1.89 bits per heavy atom. The van der Waals surface area contributed by atoms with Gasteiger partial charge in [-0.15, -0.1) is 0 Å². The van der Waals surface area contributed by atoms with Gasteiger partial charge in [-0.25, -0.2) is 9.78 Å². The number of nitrogens with one attached hydrogen (secondary N) is 3. The molecule has 0 aliphatic carbocycles. The number of H-pyrrole nitrogens is 1. The number of aromatic amines is 1. The minimum atomic E-state index is -0.630. The summed E-state index contributed by atoms with van der Waals surface area (Å²) in [6.45, 7) is 1.91. The van der Waals surface area contributed by atoms with Gasteiger partial charge in [-0.05, 0) is 25.1 Å². The van der Waals surface area contributed by atoms with Crippen LogP contribution in [0.1, 0.15) is 5.69 Å². The van der Waals surface area contributed by atoms with Crippen LogP contribution in [0.2, 0.25) is 0 Å². The summed E-state index contributed by atoms with van der Waals surface area (Å²) < 4.78 is 4.69. The second-order valence-corrected chi connectivity index (χ2v) is 5.47. The van der Waals surface area contributed by atoms with Crippen LogP contribution in [0.3, 0.4) is 0 Å². The van der Waals surface area contributed by atoms with Gasteiger partial charge >= 0.3 is 6.09 Å². The van der Waals surface area contributed by atoms with E-state index in [0.717, 1.165) is 10.8 Å². The standard InChI is InChI=1S/C17H19N7O3/c1-11-7-14(23-22-11)20-16-10-18-9-15(21-16)19-12-5-4-6-13(8-12)24(27-3)17(25)26-2/h4-10H,1-3H3,(H3,19,20,21,22,23). The number of benzene rings is 1. The Morgan fingerprint density at radius 3 is 2.56 bits per heavy atom. The summed E-state index contributed by atoms with van der Waals surface area (Å²) in [6, 6.07) is 8.90. The lowest BCUT2D eigenvalue weighted by Crippen LogP contribution is -2.29. The molecule has 3 N–H and O–H groups in total. The molecule has 0 unspecified atom stereocenters. The highest BCUT2D eigenvalue weighted by molar-refractivity contribution is 5.86. The van der Waals surface area contributed by atoms with E-state index >= 15 is 0 Å². The van der Waals surface area contributed by atoms with E-state index in [4.69, 9.17) is 9.57 Å². The second-order valence-electron chi connectivity index (χ2n) is 5.47. The van der Waals surface area contributed by atoms with Crippen molar-refractivity contribution in [1.29, 1.82) is 0 Å². The summed E-state index contributed by atoms with van der Waals surface area (Å²) >= 11 is 0. The number of hydroxylamine groups is 1. The van der Waals surface area contributed by atoms with E-state index in [1.807, 2.05) is 19.1 Å². The van der Waals surface area contributed by atoms with Gasteiger partial charge in [0.15, 0.2) is 17.5 Å². The molecule has 3 aromatic rings. The van der Waals surface area contributed by atoms with Crippen molar-refractivity contribution >= 4 is 34.9 Å². The maximum atomic E-state index is 11.8. The molecule has 0 saturated heterocycles. The third-order valence-corrected chi connectivity index (χ3v) is 3.47. The fourth-order valence-corrected chi connectivity index (χ4v) is 2.33. The van der Waals surface area contributed by atoms with Crippen molar-refractivity contribution in [2.45, 2.75) is 6.92 Å². The lowest BCUT2D eigenvalue weighted by molar-refractivity contribution is 0.116. The zero-order chi connectivity index (χ0) is 19.2. The summed E-state index contributed by atoms with van der Waals surface area (Å²) in [5.74, 6) is 1.71. The van der Waals surface area contributed by atoms with Gasteiger partial charge in [-0.3, -0.25) is 14.9 Å². The van der Waals surface area contributed by atoms with Gasteiger partial charge in [0.1, 0.15) is 0 Å². The Bertz CT molecular complexity index is 928. The molecule has 0 radical (unpaired) electrons. The molecule has 0 spiro atoms. The third kappa shape index (κ3) is 4.50. The molecule has 0 saturated carbocycles. The molecular formula is C17H19N7O3. The summed E-state index contributed by atoms with van der Waals surface area (Å²) in [4.78, 5) is 25.4. The monoisotopic (exact) mass is 369 g/mol. The normalized spacial score (nSPS) is 10.3. The maximum absolute atomic E-state index is 11.8. The molecule has 0 aliphatic heterocycles. The molecule has 0 aliphatic rings. The van der Waals surface area contributed by atoms with Crippen molar-refractivity contribution in [3.63, 3.8) is 0 Å². The maximum Gasteiger partial charge on any atom is 0.438 e. The fraction of sp³-hybridized carbons (Fsp3) is 0.176. The number of rotatable bonds is 6. The highest BCUT2D eigenvalue weighted by Crippen LogP contribution is 2.23. The first-order valence-electron chi connectivity index (χ1n) is 7.99. The van der Waals surface area contributed by atoms with Crippen molar-refractivity contribution in [1.82, 2.24) is 20.2 Å². The Balaban J connectivity index is 1.76. The SMILES string of the molecule is COC(=O)N(OC)c1cccc(Nc2cncc(Nc3cc(C)[nH]n3)n2)c1. The molecule has 27 heavy (non-hydrogen) atoms. The second kappa shape index (κ2) is 8.15. The summed E-state index contributed by atoms with van der Waals surface area (Å²) in [5.41, 5.74) is 2.13. The van der Waals surface area contributed by atoms with Crippen LogP contribution in [0.25, 0.3) is 0 Å². The van der Waals surface area contributed by atoms with Crippen LogP contribution >= 0.6 is 0 Å². The molecule has 0 bridgehead atoms. The number of carbonyl (C=O) groups is 1. The lowest BCUT2D eigenvalue weighted by atomic mass is 10.2. The quantitative estimate of drug-likeness (QED) is 0.567. The van der Waals surface area contributed by atoms with E-state index < -0.39 is 6.09 Å². The van der Waals surface area contributed by atoms with Crippen LogP contribution < -0.4 is 15.7 Å². The third-order valence-electron chi connectivity index (χ3n) is 3.47. The van der Waals surface area contributed by atoms with Crippen molar-refractivity contribution in [3.05, 3.63) is 48.4 Å². The number of aromatic nitrogens is 4. The number of anilines is 5. The highest BCUT2D eigenvalue weighted by Gasteiger charge is 2.16. The van der Waals surface area contributed by atoms with E-state index in [1.165, 1.54) is 14.2 Å². The summed E-state index contributed by atoms with van der Waals surface area (Å²) in [5, 5.41) is 14.2. The number of ether oxygens (including phenoxy) is 1. The number of aryl methyl sites for hydroxylation is 1. The van der Waals surface area contributed by atoms with Gasteiger partial charge < -0.3 is 15.4 Å². The minimum Gasteiger partial charge on any atom is -0.451 e. The van der Waals surface area contributed by atoms with Crippen molar-refractivity contribution in [2.75, 3.05) is 29.9 Å². The lowest BCUT2D eigenvalue weighted by Gasteiger charge is -2.18. The van der Waals surface area contributed by atoms with Crippen LogP contribution in [0.15, 0.2) is 42.7 Å². The van der Waals surface area contributed by atoms with Gasteiger partial charge in [0.05, 0.1) is 32.3 Å². The Hall–Kier alpha value is -3.66. The first kappa shape index (κ1) is 18.1. The summed E-state index contributed by atoms with van der Waals surface area (Å²) in [7, 11) is 2.67. The van der Waals surface area contributed by atoms with Crippen LogP contribution in [-0.4, -0.2) is 40.5 Å². The molecule has 3 rings (SSSR count). The zero-order valence-electron chi connectivity index (χ0n) is 15.1. The van der Waals surface area contributed by atoms with Gasteiger partial charge in [0, 0.05) is 17.4 Å². The van der Waals surface area contributed by atoms with Crippen LogP contribution in [0.4, 0.5) is 33.6 Å². The smallest absolute Gasteiger partial charge is 0.438 e. The fourth-order valence-electron chi connectivity index (χ4n) is 2.33. The van der Waals surface area contributed by atoms with Gasteiger partial charge in [-0.1, -0.05) is 6.07 Å². The zero-order valence-corrected chi connectivity index (χ0v) is 15.1. The molecule has 10 nitrogen and oxygen atoms in total. The number of carbonyl (C=O) groups excluding carboxylic acids is 1. The van der Waals surface area contributed by atoms with E-state index in [9.17, 15) is 4.79 Å². The predicted molar refractivity (Wildman–Crippen MR) is 100 cm³/mol. The molecule has 1 aromatic carbocycles. The number of nitrogens with zero attached hydrogens (tertiary/aromatic N) is 4. The first-order valence-corrected chi connectivity index (χ1v) is 7.99. The van der Waals surface area contributed by atoms with E-state index in [-0.39, 0.29) is 0 Å². The number of hydrogen-bond acceptors (Lipinski definition) is 8. The molecule has 2 aromatic heterocycles. The van der Waals surface area contributed by atoms with Gasteiger partial charge in [-0.2, -0.15) is 10.2 Å². The van der Waals surface area contributed by atoms with Crippen molar-refractivity contribution < 1.29 is 14.4 Å². The van der Waals surface area contributed by atoms with Crippen LogP contribution in [0, 0.1) is 6.92 Å². The molecular weight excluding hydrogens is 350 g/mol.